The van der Waals surface area contributed by atoms with Gasteiger partial charge in [0, 0.05) is 18.3 Å². The molecule has 8 N–H and O–H groups in total. The van der Waals surface area contributed by atoms with E-state index in [-0.39, 0.29) is 12.3 Å². The maximum absolute atomic E-state index is 12.9. The quantitative estimate of drug-likeness (QED) is 0.181. The molecule has 0 aliphatic carbocycles. The van der Waals surface area contributed by atoms with Gasteiger partial charge in [0.1, 0.15) is 18.1 Å². The van der Waals surface area contributed by atoms with Crippen molar-refractivity contribution in [3.8, 4) is 0 Å². The maximum atomic E-state index is 12.9. The van der Waals surface area contributed by atoms with Gasteiger partial charge in [-0.3, -0.25) is 19.2 Å². The van der Waals surface area contributed by atoms with Crippen LogP contribution in [0.3, 0.4) is 0 Å². The molecular formula is C20H32N6O7. The Morgan fingerprint density at radius 2 is 1.52 bits per heavy atom. The summed E-state index contributed by atoms with van der Waals surface area (Å²) < 4.78 is 0. The number of imidazole rings is 1. The molecule has 1 rings (SSSR count). The Balaban J connectivity index is 3.09. The van der Waals surface area contributed by atoms with E-state index in [1.807, 2.05) is 0 Å². The predicted molar refractivity (Wildman–Crippen MR) is 116 cm³/mol. The summed E-state index contributed by atoms with van der Waals surface area (Å²) in [5.41, 5.74) is 6.23. The number of carboxylic acids is 2. The Kier molecular flexibility index (Phi) is 10.5. The van der Waals surface area contributed by atoms with Crippen molar-refractivity contribution in [2.75, 3.05) is 0 Å². The van der Waals surface area contributed by atoms with Gasteiger partial charge < -0.3 is 36.9 Å². The van der Waals surface area contributed by atoms with Crippen LogP contribution in [0.2, 0.25) is 0 Å². The SMILES string of the molecule is CC(C)C(N)C(=O)NC(CC(=O)O)C(=O)NC(Cc1cnc[nH]1)C(=O)NC(C(=O)O)C(C)C. The van der Waals surface area contributed by atoms with Gasteiger partial charge in [-0.25, -0.2) is 9.78 Å². The number of aliphatic carboxylic acids is 2. The van der Waals surface area contributed by atoms with Crippen LogP contribution in [-0.2, 0) is 30.4 Å². The number of nitrogens with zero attached hydrogens (tertiary/aromatic N) is 1. The number of carbonyl (C=O) groups is 5. The van der Waals surface area contributed by atoms with E-state index in [1.54, 1.807) is 27.7 Å². The van der Waals surface area contributed by atoms with E-state index in [2.05, 4.69) is 25.9 Å². The predicted octanol–water partition coefficient (Wildman–Crippen LogP) is -1.39. The molecule has 0 fully saturated rings. The number of carboxylic acid groups (broad SMARTS) is 2. The smallest absolute Gasteiger partial charge is 0.326 e. The third-order valence-electron chi connectivity index (χ3n) is 4.88. The highest BCUT2D eigenvalue weighted by molar-refractivity contribution is 5.95. The van der Waals surface area contributed by atoms with Gasteiger partial charge in [0.25, 0.3) is 0 Å². The molecule has 0 bridgehead atoms. The highest BCUT2D eigenvalue weighted by Gasteiger charge is 2.32. The van der Waals surface area contributed by atoms with Crippen molar-refractivity contribution in [2.24, 2.45) is 17.6 Å². The summed E-state index contributed by atoms with van der Waals surface area (Å²) in [6.45, 7) is 6.60. The van der Waals surface area contributed by atoms with Gasteiger partial charge >= 0.3 is 11.9 Å². The molecule has 0 saturated heterocycles. The zero-order valence-electron chi connectivity index (χ0n) is 19.0. The summed E-state index contributed by atoms with van der Waals surface area (Å²) in [7, 11) is 0. The zero-order chi connectivity index (χ0) is 25.3. The zero-order valence-corrected chi connectivity index (χ0v) is 19.0. The second-order valence-corrected chi connectivity index (χ2v) is 8.34. The summed E-state index contributed by atoms with van der Waals surface area (Å²) in [4.78, 5) is 67.3. The average Bonchev–Trinajstić information content (AvgIpc) is 3.22. The van der Waals surface area contributed by atoms with E-state index in [0.29, 0.717) is 5.69 Å². The summed E-state index contributed by atoms with van der Waals surface area (Å²) >= 11 is 0. The maximum Gasteiger partial charge on any atom is 0.326 e. The first-order chi connectivity index (χ1) is 15.3. The molecule has 1 heterocycles. The molecule has 1 aromatic heterocycles. The van der Waals surface area contributed by atoms with Crippen LogP contribution in [0.5, 0.6) is 0 Å². The van der Waals surface area contributed by atoms with E-state index in [4.69, 9.17) is 10.8 Å². The largest absolute Gasteiger partial charge is 0.481 e. The van der Waals surface area contributed by atoms with Crippen LogP contribution in [0.1, 0.15) is 39.8 Å². The molecular weight excluding hydrogens is 436 g/mol. The van der Waals surface area contributed by atoms with E-state index >= 15 is 0 Å². The minimum Gasteiger partial charge on any atom is -0.481 e. The fraction of sp³-hybridized carbons (Fsp3) is 0.600. The van der Waals surface area contributed by atoms with Crippen molar-refractivity contribution < 1.29 is 34.2 Å². The lowest BCUT2D eigenvalue weighted by molar-refractivity contribution is -0.144. The second-order valence-electron chi connectivity index (χ2n) is 8.34. The number of H-pyrrole nitrogens is 1. The molecule has 0 spiro atoms. The normalized spacial score (nSPS) is 14.8. The molecule has 13 nitrogen and oxygen atoms in total. The number of nitrogens with two attached hydrogens (primary N) is 1. The number of aromatic nitrogens is 2. The van der Waals surface area contributed by atoms with Crippen LogP contribution >= 0.6 is 0 Å². The molecule has 13 heteroatoms. The van der Waals surface area contributed by atoms with Crippen LogP contribution < -0.4 is 21.7 Å². The third kappa shape index (κ3) is 8.88. The molecule has 0 aliphatic rings. The molecule has 3 amide bonds. The van der Waals surface area contributed by atoms with Crippen LogP contribution in [0, 0.1) is 11.8 Å². The highest BCUT2D eigenvalue weighted by Crippen LogP contribution is 2.06. The molecule has 184 valence electrons. The number of aromatic amines is 1. The number of hydrogen-bond donors (Lipinski definition) is 7. The highest BCUT2D eigenvalue weighted by atomic mass is 16.4. The Morgan fingerprint density at radius 1 is 0.939 bits per heavy atom. The van der Waals surface area contributed by atoms with Gasteiger partial charge in [0.05, 0.1) is 18.8 Å². The van der Waals surface area contributed by atoms with Crippen molar-refractivity contribution in [1.29, 1.82) is 0 Å². The van der Waals surface area contributed by atoms with Crippen molar-refractivity contribution >= 4 is 29.7 Å². The van der Waals surface area contributed by atoms with E-state index in [1.165, 1.54) is 12.5 Å². The Morgan fingerprint density at radius 3 is 1.97 bits per heavy atom. The number of nitrogens with one attached hydrogen (secondary N) is 4. The molecule has 0 radical (unpaired) electrons. The fourth-order valence-electron chi connectivity index (χ4n) is 2.82. The minimum atomic E-state index is -1.50. The fourth-order valence-corrected chi connectivity index (χ4v) is 2.82. The molecule has 0 aromatic carbocycles. The topological polar surface area (TPSA) is 217 Å². The van der Waals surface area contributed by atoms with E-state index in [9.17, 15) is 29.1 Å². The molecule has 1 aromatic rings. The lowest BCUT2D eigenvalue weighted by atomic mass is 10.0. The first kappa shape index (κ1) is 27.6. The first-order valence-corrected chi connectivity index (χ1v) is 10.4. The van der Waals surface area contributed by atoms with Gasteiger partial charge in [0.2, 0.25) is 17.7 Å². The lowest BCUT2D eigenvalue weighted by Crippen LogP contribution is -2.58. The number of rotatable bonds is 13. The summed E-state index contributed by atoms with van der Waals surface area (Å²) in [5, 5.41) is 25.6. The average molecular weight is 469 g/mol. The van der Waals surface area contributed by atoms with Gasteiger partial charge in [-0.1, -0.05) is 27.7 Å². The Bertz CT molecular complexity index is 840. The molecule has 33 heavy (non-hydrogen) atoms. The molecule has 4 atom stereocenters. The molecule has 4 unspecified atom stereocenters. The first-order valence-electron chi connectivity index (χ1n) is 10.4. The molecule has 0 saturated carbocycles. The monoisotopic (exact) mass is 468 g/mol. The van der Waals surface area contributed by atoms with Gasteiger partial charge in [-0.15, -0.1) is 0 Å². The lowest BCUT2D eigenvalue weighted by Gasteiger charge is -2.25. The van der Waals surface area contributed by atoms with Gasteiger partial charge in [0.15, 0.2) is 0 Å². The van der Waals surface area contributed by atoms with Gasteiger partial charge in [-0.2, -0.15) is 0 Å². The number of amides is 3. The van der Waals surface area contributed by atoms with Crippen molar-refractivity contribution in [1.82, 2.24) is 25.9 Å². The van der Waals surface area contributed by atoms with Crippen molar-refractivity contribution in [3.05, 3.63) is 18.2 Å². The van der Waals surface area contributed by atoms with Gasteiger partial charge in [-0.05, 0) is 11.8 Å². The summed E-state index contributed by atoms with van der Waals surface area (Å²) in [5.74, 6) is -5.74. The summed E-state index contributed by atoms with van der Waals surface area (Å²) in [6.07, 6.45) is 1.95. The van der Waals surface area contributed by atoms with Crippen LogP contribution in [0.25, 0.3) is 0 Å². The van der Waals surface area contributed by atoms with Crippen LogP contribution in [-0.4, -0.2) is 74.0 Å². The Labute approximate surface area is 190 Å². The standard InChI is InChI=1S/C20H32N6O7/c1-9(2)15(21)19(31)25-13(6-14(27)28)17(29)24-12(5-11-7-22-8-23-11)18(30)26-16(10(3)4)20(32)33/h7-10,12-13,15-16H,5-6,21H2,1-4H3,(H,22,23)(H,24,29)(H,25,31)(H,26,30)(H,27,28)(H,32,33). The third-order valence-corrected chi connectivity index (χ3v) is 4.88. The van der Waals surface area contributed by atoms with E-state index < -0.39 is 66.2 Å². The minimum absolute atomic E-state index is 0.0821. The Hall–Kier alpha value is -3.48. The van der Waals surface area contributed by atoms with Crippen LogP contribution in [0.15, 0.2) is 12.5 Å². The van der Waals surface area contributed by atoms with Crippen molar-refractivity contribution in [3.63, 3.8) is 0 Å². The summed E-state index contributed by atoms with van der Waals surface area (Å²) in [6, 6.07) is -4.96. The van der Waals surface area contributed by atoms with E-state index in [0.717, 1.165) is 0 Å². The number of carbonyl (C=O) groups excluding carboxylic acids is 3. The van der Waals surface area contributed by atoms with Crippen molar-refractivity contribution in [2.45, 2.75) is 64.7 Å². The number of hydrogen-bond acceptors (Lipinski definition) is 7. The van der Waals surface area contributed by atoms with Crippen LogP contribution in [0.4, 0.5) is 0 Å². The second kappa shape index (κ2) is 12.5. The molecule has 0 aliphatic heterocycles.